The number of aromatic nitrogens is 1. The zero-order valence-electron chi connectivity index (χ0n) is 13.6. The Kier molecular flexibility index (Phi) is 5.54. The molecule has 3 aromatic rings. The average molecular weight is 439 g/mol. The molecule has 142 valence electrons. The Morgan fingerprint density at radius 1 is 1.00 bits per heavy atom. The molecule has 0 saturated carbocycles. The number of nitrogens with zero attached hydrogens (tertiary/aromatic N) is 3. The van der Waals surface area contributed by atoms with Gasteiger partial charge in [-0.2, -0.15) is 0 Å². The summed E-state index contributed by atoms with van der Waals surface area (Å²) >= 11 is 13.0. The monoisotopic (exact) mass is 438 g/mol. The van der Waals surface area contributed by atoms with E-state index in [2.05, 4.69) is 10.3 Å². The predicted molar refractivity (Wildman–Crippen MR) is 105 cm³/mol. The first-order valence-electron chi connectivity index (χ1n) is 7.41. The smallest absolute Gasteiger partial charge is 0.277 e. The van der Waals surface area contributed by atoms with Crippen LogP contribution in [0, 0.1) is 20.2 Å². The fraction of sp³-hybridized carbons (Fsp3) is 0. The normalized spacial score (nSPS) is 10.5. The number of carbonyl (C=O) groups is 1. The van der Waals surface area contributed by atoms with Crippen LogP contribution in [0.25, 0.3) is 11.3 Å². The Bertz CT molecular complexity index is 1090. The Labute approximate surface area is 170 Å². The number of hydrogen-bond acceptors (Lipinski definition) is 7. The second kappa shape index (κ2) is 7.89. The molecule has 28 heavy (non-hydrogen) atoms. The summed E-state index contributed by atoms with van der Waals surface area (Å²) in [6.07, 6.45) is 0. The van der Waals surface area contributed by atoms with E-state index in [1.807, 2.05) is 0 Å². The average Bonchev–Trinajstić information content (AvgIpc) is 3.11. The van der Waals surface area contributed by atoms with Gasteiger partial charge in [0.25, 0.3) is 17.3 Å². The minimum Gasteiger partial charge on any atom is -0.298 e. The molecule has 0 aliphatic rings. The largest absolute Gasteiger partial charge is 0.298 e. The van der Waals surface area contributed by atoms with Gasteiger partial charge in [0.1, 0.15) is 0 Å². The number of benzene rings is 2. The lowest BCUT2D eigenvalue weighted by molar-refractivity contribution is -0.394. The minimum absolute atomic E-state index is 0.209. The molecule has 12 heteroatoms. The molecule has 1 N–H and O–H groups in total. The maximum Gasteiger partial charge on any atom is 0.277 e. The van der Waals surface area contributed by atoms with Crippen LogP contribution in [-0.2, 0) is 0 Å². The van der Waals surface area contributed by atoms with E-state index in [0.29, 0.717) is 21.3 Å². The summed E-state index contributed by atoms with van der Waals surface area (Å²) in [7, 11) is 0. The third kappa shape index (κ3) is 4.25. The molecule has 0 bridgehead atoms. The van der Waals surface area contributed by atoms with Crippen molar-refractivity contribution >= 4 is 57.0 Å². The Morgan fingerprint density at radius 2 is 1.64 bits per heavy atom. The van der Waals surface area contributed by atoms with Gasteiger partial charge in [0.15, 0.2) is 5.13 Å². The van der Waals surface area contributed by atoms with E-state index in [4.69, 9.17) is 23.2 Å². The number of rotatable bonds is 5. The van der Waals surface area contributed by atoms with Crippen molar-refractivity contribution in [3.63, 3.8) is 0 Å². The van der Waals surface area contributed by atoms with Crippen molar-refractivity contribution in [2.75, 3.05) is 5.32 Å². The summed E-state index contributed by atoms with van der Waals surface area (Å²) in [5, 5.41) is 27.0. The summed E-state index contributed by atoms with van der Waals surface area (Å²) in [6, 6.07) is 7.63. The lowest BCUT2D eigenvalue weighted by Crippen LogP contribution is -2.12. The zero-order chi connectivity index (χ0) is 20.4. The number of hydrogen-bond donors (Lipinski definition) is 1. The highest BCUT2D eigenvalue weighted by Gasteiger charge is 2.20. The van der Waals surface area contributed by atoms with Crippen LogP contribution < -0.4 is 5.32 Å². The van der Waals surface area contributed by atoms with E-state index < -0.39 is 27.1 Å². The van der Waals surface area contributed by atoms with Crippen LogP contribution in [0.5, 0.6) is 0 Å². The number of anilines is 1. The number of non-ortho nitro benzene ring substituents is 2. The maximum absolute atomic E-state index is 12.4. The van der Waals surface area contributed by atoms with Crippen molar-refractivity contribution in [2.24, 2.45) is 0 Å². The predicted octanol–water partition coefficient (Wildman–Crippen LogP) is 5.19. The lowest BCUT2D eigenvalue weighted by atomic mass is 10.1. The number of amides is 1. The maximum atomic E-state index is 12.4. The molecule has 0 atom stereocenters. The van der Waals surface area contributed by atoms with E-state index in [-0.39, 0.29) is 10.7 Å². The van der Waals surface area contributed by atoms with Crippen LogP contribution in [0.15, 0.2) is 41.8 Å². The molecule has 0 radical (unpaired) electrons. The number of nitro benzene ring substituents is 2. The highest BCUT2D eigenvalue weighted by Crippen LogP contribution is 2.31. The standard InChI is InChI=1S/C16H8Cl2N4O5S/c17-12-2-1-8(5-13(12)18)14-7-28-16(19-14)20-15(23)9-3-10(21(24)25)6-11(4-9)22(26)27/h1-7H,(H,19,20,23). The number of halogens is 2. The van der Waals surface area contributed by atoms with Gasteiger partial charge in [0.05, 0.1) is 37.2 Å². The highest BCUT2D eigenvalue weighted by molar-refractivity contribution is 7.14. The van der Waals surface area contributed by atoms with E-state index in [1.165, 1.54) is 0 Å². The molecule has 0 aliphatic heterocycles. The van der Waals surface area contributed by atoms with Gasteiger partial charge in [0.2, 0.25) is 0 Å². The molecule has 1 heterocycles. The molecule has 0 aliphatic carbocycles. The minimum atomic E-state index is -0.810. The van der Waals surface area contributed by atoms with E-state index in [0.717, 1.165) is 29.5 Å². The molecule has 3 rings (SSSR count). The highest BCUT2D eigenvalue weighted by atomic mass is 35.5. The van der Waals surface area contributed by atoms with Gasteiger partial charge in [-0.15, -0.1) is 11.3 Å². The van der Waals surface area contributed by atoms with Gasteiger partial charge in [-0.1, -0.05) is 29.3 Å². The fourth-order valence-corrected chi connectivity index (χ4v) is 3.24. The fourth-order valence-electron chi connectivity index (χ4n) is 2.23. The van der Waals surface area contributed by atoms with Crippen molar-refractivity contribution < 1.29 is 14.6 Å². The number of thiazole rings is 1. The molecule has 0 saturated heterocycles. The Hall–Kier alpha value is -3.08. The topological polar surface area (TPSA) is 128 Å². The van der Waals surface area contributed by atoms with Crippen molar-refractivity contribution in [3.05, 3.63) is 77.6 Å². The summed E-state index contributed by atoms with van der Waals surface area (Å²) in [5.41, 5.74) is -0.141. The SMILES string of the molecule is O=C(Nc1nc(-c2ccc(Cl)c(Cl)c2)cs1)c1cc([N+](=O)[O-])cc([N+](=O)[O-])c1. The van der Waals surface area contributed by atoms with Gasteiger partial charge in [-0.3, -0.25) is 30.3 Å². The summed E-state index contributed by atoms with van der Waals surface area (Å²) in [5.74, 6) is -0.762. The molecule has 0 unspecified atom stereocenters. The van der Waals surface area contributed by atoms with Gasteiger partial charge in [-0.05, 0) is 12.1 Å². The Balaban J connectivity index is 1.86. The van der Waals surface area contributed by atoms with Crippen molar-refractivity contribution in [1.29, 1.82) is 0 Å². The first-order chi connectivity index (χ1) is 13.2. The van der Waals surface area contributed by atoms with Crippen LogP contribution in [0.2, 0.25) is 10.0 Å². The van der Waals surface area contributed by atoms with Gasteiger partial charge < -0.3 is 0 Å². The van der Waals surface area contributed by atoms with Gasteiger partial charge in [0, 0.05) is 23.1 Å². The first kappa shape index (κ1) is 19.7. The lowest BCUT2D eigenvalue weighted by Gasteiger charge is -2.03. The molecule has 1 amide bonds. The molecule has 0 fully saturated rings. The third-order valence-electron chi connectivity index (χ3n) is 3.53. The molecular weight excluding hydrogens is 431 g/mol. The second-order valence-electron chi connectivity index (χ2n) is 5.37. The second-order valence-corrected chi connectivity index (χ2v) is 7.05. The van der Waals surface area contributed by atoms with Crippen molar-refractivity contribution in [2.45, 2.75) is 0 Å². The molecule has 0 spiro atoms. The molecular formula is C16H8Cl2N4O5S. The number of carbonyl (C=O) groups excluding carboxylic acids is 1. The summed E-state index contributed by atoms with van der Waals surface area (Å²) in [6.45, 7) is 0. The number of nitro groups is 2. The third-order valence-corrected chi connectivity index (χ3v) is 5.02. The summed E-state index contributed by atoms with van der Waals surface area (Å²) in [4.78, 5) is 36.9. The van der Waals surface area contributed by atoms with Crippen LogP contribution in [0.3, 0.4) is 0 Å². The van der Waals surface area contributed by atoms with E-state index >= 15 is 0 Å². The van der Waals surface area contributed by atoms with Crippen LogP contribution in [0.4, 0.5) is 16.5 Å². The molecule has 2 aromatic carbocycles. The van der Waals surface area contributed by atoms with E-state index in [9.17, 15) is 25.0 Å². The van der Waals surface area contributed by atoms with Crippen LogP contribution in [-0.4, -0.2) is 20.7 Å². The van der Waals surface area contributed by atoms with E-state index in [1.54, 1.807) is 23.6 Å². The zero-order valence-corrected chi connectivity index (χ0v) is 15.9. The number of nitrogens with one attached hydrogen (secondary N) is 1. The van der Waals surface area contributed by atoms with Gasteiger partial charge in [-0.25, -0.2) is 4.98 Å². The molecule has 9 nitrogen and oxygen atoms in total. The van der Waals surface area contributed by atoms with Crippen molar-refractivity contribution in [1.82, 2.24) is 4.98 Å². The quantitative estimate of drug-likeness (QED) is 0.431. The first-order valence-corrected chi connectivity index (χ1v) is 9.04. The van der Waals surface area contributed by atoms with Crippen LogP contribution >= 0.6 is 34.5 Å². The van der Waals surface area contributed by atoms with Crippen molar-refractivity contribution in [3.8, 4) is 11.3 Å². The Morgan fingerprint density at radius 3 is 2.21 bits per heavy atom. The summed E-state index contributed by atoms with van der Waals surface area (Å²) < 4.78 is 0. The molecule has 1 aromatic heterocycles. The van der Waals surface area contributed by atoms with Gasteiger partial charge >= 0.3 is 0 Å². The van der Waals surface area contributed by atoms with Crippen LogP contribution in [0.1, 0.15) is 10.4 Å².